The van der Waals surface area contributed by atoms with Crippen molar-refractivity contribution < 1.29 is 0 Å². The smallest absolute Gasteiger partial charge is 0.135 e. The topological polar surface area (TPSA) is 37.8 Å². The molecule has 0 aliphatic rings. The van der Waals surface area contributed by atoms with Crippen molar-refractivity contribution in [1.82, 2.24) is 9.97 Å². The molecule has 0 amide bonds. The largest absolute Gasteiger partial charge is 0.370 e. The van der Waals surface area contributed by atoms with Gasteiger partial charge in [-0.05, 0) is 19.4 Å². The van der Waals surface area contributed by atoms with E-state index in [1.165, 1.54) is 5.56 Å². The van der Waals surface area contributed by atoms with Crippen molar-refractivity contribution in [3.63, 3.8) is 0 Å². The molecule has 0 saturated heterocycles. The molecule has 0 bridgehead atoms. The van der Waals surface area contributed by atoms with E-state index in [-0.39, 0.29) is 0 Å². The Morgan fingerprint density at radius 2 is 1.88 bits per heavy atom. The van der Waals surface area contributed by atoms with Gasteiger partial charge in [0.25, 0.3) is 0 Å². The van der Waals surface area contributed by atoms with E-state index >= 15 is 0 Å². The molecule has 1 aromatic heterocycles. The maximum atomic E-state index is 4.50. The summed E-state index contributed by atoms with van der Waals surface area (Å²) in [5.74, 6) is 1.78. The Hall–Kier alpha value is -1.90. The lowest BCUT2D eigenvalue weighted by Crippen LogP contribution is -2.05. The molecule has 88 valence electrons. The normalized spacial score (nSPS) is 10.2. The van der Waals surface area contributed by atoms with Crippen LogP contribution in [0.5, 0.6) is 0 Å². The molecule has 2 rings (SSSR count). The highest BCUT2D eigenvalue weighted by molar-refractivity contribution is 5.36. The van der Waals surface area contributed by atoms with E-state index in [4.69, 9.17) is 0 Å². The summed E-state index contributed by atoms with van der Waals surface area (Å²) in [6, 6.07) is 12.3. The van der Waals surface area contributed by atoms with Crippen molar-refractivity contribution in [3.8, 4) is 0 Å². The van der Waals surface area contributed by atoms with Crippen LogP contribution in [0.15, 0.2) is 36.4 Å². The molecule has 0 atom stereocenters. The van der Waals surface area contributed by atoms with E-state index < -0.39 is 0 Å². The zero-order valence-electron chi connectivity index (χ0n) is 10.3. The Morgan fingerprint density at radius 3 is 2.59 bits per heavy atom. The SMILES string of the molecule is CCNc1cc(C)nc(Cc2ccccc2)n1. The quantitative estimate of drug-likeness (QED) is 0.872. The van der Waals surface area contributed by atoms with Crippen LogP contribution in [0.2, 0.25) is 0 Å². The number of anilines is 1. The van der Waals surface area contributed by atoms with Crippen LogP contribution < -0.4 is 5.32 Å². The molecule has 3 heteroatoms. The van der Waals surface area contributed by atoms with Crippen molar-refractivity contribution in [2.45, 2.75) is 20.3 Å². The lowest BCUT2D eigenvalue weighted by Gasteiger charge is -2.06. The first kappa shape index (κ1) is 11.6. The summed E-state index contributed by atoms with van der Waals surface area (Å²) < 4.78 is 0. The first-order valence-electron chi connectivity index (χ1n) is 5.90. The van der Waals surface area contributed by atoms with Gasteiger partial charge in [-0.3, -0.25) is 0 Å². The van der Waals surface area contributed by atoms with E-state index in [0.29, 0.717) is 0 Å². The zero-order valence-corrected chi connectivity index (χ0v) is 10.3. The van der Waals surface area contributed by atoms with Crippen molar-refractivity contribution in [2.75, 3.05) is 11.9 Å². The molecule has 0 radical (unpaired) electrons. The van der Waals surface area contributed by atoms with E-state index in [1.807, 2.05) is 31.2 Å². The molecule has 0 fully saturated rings. The molecular formula is C14H17N3. The monoisotopic (exact) mass is 227 g/mol. The van der Waals surface area contributed by atoms with Crippen LogP contribution in [0.1, 0.15) is 24.0 Å². The van der Waals surface area contributed by atoms with E-state index in [9.17, 15) is 0 Å². The van der Waals surface area contributed by atoms with Gasteiger partial charge in [-0.15, -0.1) is 0 Å². The van der Waals surface area contributed by atoms with Crippen molar-refractivity contribution in [2.24, 2.45) is 0 Å². The number of hydrogen-bond donors (Lipinski definition) is 1. The minimum atomic E-state index is 0.779. The fraction of sp³-hybridized carbons (Fsp3) is 0.286. The Labute approximate surface area is 102 Å². The number of aryl methyl sites for hydroxylation is 1. The number of nitrogens with zero attached hydrogens (tertiary/aromatic N) is 2. The fourth-order valence-electron chi connectivity index (χ4n) is 1.76. The Kier molecular flexibility index (Phi) is 3.70. The average Bonchev–Trinajstić information content (AvgIpc) is 2.30. The molecule has 1 heterocycles. The fourth-order valence-corrected chi connectivity index (χ4v) is 1.76. The van der Waals surface area contributed by atoms with Gasteiger partial charge in [0.15, 0.2) is 0 Å². The van der Waals surface area contributed by atoms with Crippen molar-refractivity contribution in [3.05, 3.63) is 53.5 Å². The standard InChI is InChI=1S/C14H17N3/c1-3-15-13-9-11(2)16-14(17-13)10-12-7-5-4-6-8-12/h4-9H,3,10H2,1-2H3,(H,15,16,17). The third-order valence-electron chi connectivity index (χ3n) is 2.46. The maximum Gasteiger partial charge on any atom is 0.135 e. The summed E-state index contributed by atoms with van der Waals surface area (Å²) in [6.07, 6.45) is 0.779. The van der Waals surface area contributed by atoms with Crippen LogP contribution in [-0.4, -0.2) is 16.5 Å². The summed E-state index contributed by atoms with van der Waals surface area (Å²) in [5, 5.41) is 3.22. The predicted octanol–water partition coefficient (Wildman–Crippen LogP) is 2.81. The minimum Gasteiger partial charge on any atom is -0.370 e. The summed E-state index contributed by atoms with van der Waals surface area (Å²) in [4.78, 5) is 8.96. The predicted molar refractivity (Wildman–Crippen MR) is 70.2 cm³/mol. The van der Waals surface area contributed by atoms with Crippen LogP contribution in [0.3, 0.4) is 0 Å². The molecular weight excluding hydrogens is 210 g/mol. The summed E-state index contributed by atoms with van der Waals surface area (Å²) >= 11 is 0. The van der Waals surface area contributed by atoms with Gasteiger partial charge in [-0.1, -0.05) is 30.3 Å². The first-order valence-corrected chi connectivity index (χ1v) is 5.90. The van der Waals surface area contributed by atoms with Gasteiger partial charge >= 0.3 is 0 Å². The molecule has 1 N–H and O–H groups in total. The van der Waals surface area contributed by atoms with Gasteiger partial charge in [0.2, 0.25) is 0 Å². The van der Waals surface area contributed by atoms with Crippen molar-refractivity contribution >= 4 is 5.82 Å². The second-order valence-corrected chi connectivity index (χ2v) is 4.00. The molecule has 0 aliphatic heterocycles. The number of aromatic nitrogens is 2. The lowest BCUT2D eigenvalue weighted by molar-refractivity contribution is 0.938. The number of rotatable bonds is 4. The van der Waals surface area contributed by atoms with Gasteiger partial charge in [0, 0.05) is 24.7 Å². The van der Waals surface area contributed by atoms with Crippen LogP contribution in [0, 0.1) is 6.92 Å². The van der Waals surface area contributed by atoms with Gasteiger partial charge in [-0.2, -0.15) is 0 Å². The van der Waals surface area contributed by atoms with Crippen LogP contribution in [0.25, 0.3) is 0 Å². The Balaban J connectivity index is 2.21. The first-order chi connectivity index (χ1) is 8.28. The third kappa shape index (κ3) is 3.28. The highest BCUT2D eigenvalue weighted by Gasteiger charge is 2.02. The van der Waals surface area contributed by atoms with Crippen LogP contribution >= 0.6 is 0 Å². The third-order valence-corrected chi connectivity index (χ3v) is 2.46. The van der Waals surface area contributed by atoms with Crippen LogP contribution in [-0.2, 0) is 6.42 Å². The molecule has 0 saturated carbocycles. The van der Waals surface area contributed by atoms with E-state index in [1.54, 1.807) is 0 Å². The summed E-state index contributed by atoms with van der Waals surface area (Å²) in [6.45, 7) is 4.94. The molecule has 1 aromatic carbocycles. The highest BCUT2D eigenvalue weighted by Crippen LogP contribution is 2.10. The van der Waals surface area contributed by atoms with Gasteiger partial charge in [0.1, 0.15) is 11.6 Å². The number of hydrogen-bond acceptors (Lipinski definition) is 3. The highest BCUT2D eigenvalue weighted by atomic mass is 15.0. The van der Waals surface area contributed by atoms with Gasteiger partial charge < -0.3 is 5.32 Å². The summed E-state index contributed by atoms with van der Waals surface area (Å²) in [5.41, 5.74) is 2.24. The van der Waals surface area contributed by atoms with E-state index in [0.717, 1.165) is 30.3 Å². The minimum absolute atomic E-state index is 0.779. The van der Waals surface area contributed by atoms with E-state index in [2.05, 4.69) is 34.3 Å². The average molecular weight is 227 g/mol. The second kappa shape index (κ2) is 5.43. The zero-order chi connectivity index (χ0) is 12.1. The molecule has 0 spiro atoms. The lowest BCUT2D eigenvalue weighted by atomic mass is 10.1. The van der Waals surface area contributed by atoms with Crippen LogP contribution in [0.4, 0.5) is 5.82 Å². The molecule has 17 heavy (non-hydrogen) atoms. The Bertz CT molecular complexity index is 480. The number of nitrogens with one attached hydrogen (secondary N) is 1. The molecule has 3 nitrogen and oxygen atoms in total. The second-order valence-electron chi connectivity index (χ2n) is 4.00. The van der Waals surface area contributed by atoms with Crippen molar-refractivity contribution in [1.29, 1.82) is 0 Å². The summed E-state index contributed by atoms with van der Waals surface area (Å²) in [7, 11) is 0. The molecule has 0 unspecified atom stereocenters. The molecule has 2 aromatic rings. The number of benzene rings is 1. The van der Waals surface area contributed by atoms with Gasteiger partial charge in [0.05, 0.1) is 0 Å². The van der Waals surface area contributed by atoms with Gasteiger partial charge in [-0.25, -0.2) is 9.97 Å². The maximum absolute atomic E-state index is 4.50. The Morgan fingerprint density at radius 1 is 1.12 bits per heavy atom. The molecule has 0 aliphatic carbocycles.